The third-order valence-corrected chi connectivity index (χ3v) is 6.18. The highest BCUT2D eigenvalue weighted by Crippen LogP contribution is 2.24. The van der Waals surface area contributed by atoms with Crippen molar-refractivity contribution in [2.45, 2.75) is 31.4 Å². The Hall–Kier alpha value is -2.34. The third kappa shape index (κ3) is 5.33. The number of hydrogen-bond donors (Lipinski definition) is 2. The highest BCUT2D eigenvalue weighted by atomic mass is 32.2. The Balaban J connectivity index is 1.46. The van der Waals surface area contributed by atoms with Gasteiger partial charge in [-0.3, -0.25) is 4.99 Å². The summed E-state index contributed by atoms with van der Waals surface area (Å²) in [7, 11) is -3.13. The van der Waals surface area contributed by atoms with Gasteiger partial charge in [0.2, 0.25) is 0 Å². The normalized spacial score (nSPS) is 14.2. The molecule has 0 atom stereocenters. The van der Waals surface area contributed by atoms with Crippen LogP contribution in [0.4, 0.5) is 5.69 Å². The van der Waals surface area contributed by atoms with Gasteiger partial charge in [0, 0.05) is 12.2 Å². The molecule has 0 aliphatic heterocycles. The zero-order chi connectivity index (χ0) is 18.4. The van der Waals surface area contributed by atoms with Crippen molar-refractivity contribution in [1.82, 2.24) is 0 Å². The van der Waals surface area contributed by atoms with Crippen LogP contribution >= 0.6 is 0 Å². The molecular formula is C20H25N3O2S. The van der Waals surface area contributed by atoms with Gasteiger partial charge in [-0.25, -0.2) is 8.42 Å². The number of nitrogens with zero attached hydrogens (tertiary/aromatic N) is 1. The molecule has 0 aromatic heterocycles. The van der Waals surface area contributed by atoms with Gasteiger partial charge in [-0.1, -0.05) is 36.4 Å². The lowest BCUT2D eigenvalue weighted by Crippen LogP contribution is -2.23. The van der Waals surface area contributed by atoms with Gasteiger partial charge < -0.3 is 11.1 Å². The highest BCUT2D eigenvalue weighted by Gasteiger charge is 2.12. The van der Waals surface area contributed by atoms with Gasteiger partial charge in [-0.15, -0.1) is 0 Å². The lowest BCUT2D eigenvalue weighted by Gasteiger charge is -2.08. The van der Waals surface area contributed by atoms with E-state index in [1.165, 1.54) is 17.5 Å². The summed E-state index contributed by atoms with van der Waals surface area (Å²) in [5, 5.41) is 3.09. The minimum absolute atomic E-state index is 0.0699. The largest absolute Gasteiger partial charge is 0.370 e. The van der Waals surface area contributed by atoms with Crippen LogP contribution in [0.3, 0.4) is 0 Å². The molecular weight excluding hydrogens is 346 g/mol. The summed E-state index contributed by atoms with van der Waals surface area (Å²) in [6.07, 6.45) is 3.93. The van der Waals surface area contributed by atoms with E-state index in [9.17, 15) is 8.42 Å². The van der Waals surface area contributed by atoms with Gasteiger partial charge in [0.1, 0.15) is 0 Å². The second-order valence-corrected chi connectivity index (χ2v) is 8.84. The number of aliphatic imine (C=N–C) groups is 1. The third-order valence-electron chi connectivity index (χ3n) is 4.50. The van der Waals surface area contributed by atoms with Crippen LogP contribution in [-0.2, 0) is 28.4 Å². The standard InChI is InChI=1S/C20H25N3O2S/c21-20(23-19-11-10-17-8-4-9-18(17)14-19)22-12-5-13-26(24,25)15-16-6-2-1-3-7-16/h1-3,6-7,10-11,14H,4-5,8-9,12-13,15H2,(H3,21,22,23). The minimum atomic E-state index is -3.13. The molecule has 3 rings (SSSR count). The van der Waals surface area contributed by atoms with Crippen molar-refractivity contribution in [2.24, 2.45) is 10.7 Å². The first-order chi connectivity index (χ1) is 12.5. The molecule has 1 aliphatic rings. The van der Waals surface area contributed by atoms with Crippen LogP contribution in [0.1, 0.15) is 29.5 Å². The van der Waals surface area contributed by atoms with E-state index in [2.05, 4.69) is 22.4 Å². The maximum atomic E-state index is 12.1. The Morgan fingerprint density at radius 3 is 2.65 bits per heavy atom. The molecule has 0 saturated carbocycles. The zero-order valence-electron chi connectivity index (χ0n) is 14.8. The smallest absolute Gasteiger partial charge is 0.193 e. The molecule has 0 amide bonds. The van der Waals surface area contributed by atoms with Crippen molar-refractivity contribution in [3.05, 3.63) is 65.2 Å². The first kappa shape index (κ1) is 18.5. The number of sulfone groups is 1. The SMILES string of the molecule is NC(=NCCCS(=O)(=O)Cc1ccccc1)Nc1ccc2c(c1)CCC2. The first-order valence-corrected chi connectivity index (χ1v) is 10.8. The van der Waals surface area contributed by atoms with E-state index in [0.29, 0.717) is 18.9 Å². The number of aryl methyl sites for hydroxylation is 2. The van der Waals surface area contributed by atoms with E-state index < -0.39 is 9.84 Å². The summed E-state index contributed by atoms with van der Waals surface area (Å²) in [5.41, 5.74) is 10.4. The molecule has 3 N–H and O–H groups in total. The molecule has 0 saturated heterocycles. The number of fused-ring (bicyclic) bond motifs is 1. The van der Waals surface area contributed by atoms with Crippen molar-refractivity contribution >= 4 is 21.5 Å². The fourth-order valence-electron chi connectivity index (χ4n) is 3.22. The van der Waals surface area contributed by atoms with Crippen molar-refractivity contribution in [3.63, 3.8) is 0 Å². The van der Waals surface area contributed by atoms with Crippen LogP contribution in [-0.4, -0.2) is 26.7 Å². The highest BCUT2D eigenvalue weighted by molar-refractivity contribution is 7.90. The summed E-state index contributed by atoms with van der Waals surface area (Å²) in [4.78, 5) is 4.24. The van der Waals surface area contributed by atoms with Gasteiger partial charge in [-0.2, -0.15) is 0 Å². The average Bonchev–Trinajstić information content (AvgIpc) is 3.07. The molecule has 0 bridgehead atoms. The number of hydrogen-bond acceptors (Lipinski definition) is 3. The summed E-state index contributed by atoms with van der Waals surface area (Å²) in [5.74, 6) is 0.501. The van der Waals surface area contributed by atoms with Gasteiger partial charge in [0.25, 0.3) is 0 Å². The monoisotopic (exact) mass is 371 g/mol. The average molecular weight is 372 g/mol. The van der Waals surface area contributed by atoms with E-state index in [1.807, 2.05) is 36.4 Å². The maximum absolute atomic E-state index is 12.1. The summed E-state index contributed by atoms with van der Waals surface area (Å²) < 4.78 is 24.3. The molecule has 0 spiro atoms. The molecule has 6 heteroatoms. The summed E-state index contributed by atoms with van der Waals surface area (Å²) >= 11 is 0. The lowest BCUT2D eigenvalue weighted by molar-refractivity contribution is 0.593. The number of rotatable bonds is 7. The predicted octanol–water partition coefficient (Wildman–Crippen LogP) is 2.91. The number of benzene rings is 2. The number of anilines is 1. The van der Waals surface area contributed by atoms with Gasteiger partial charge in [0.05, 0.1) is 11.5 Å². The van der Waals surface area contributed by atoms with Crippen molar-refractivity contribution in [2.75, 3.05) is 17.6 Å². The van der Waals surface area contributed by atoms with Crippen molar-refractivity contribution in [3.8, 4) is 0 Å². The fourth-order valence-corrected chi connectivity index (χ4v) is 4.63. The Morgan fingerprint density at radius 2 is 1.85 bits per heavy atom. The number of nitrogens with two attached hydrogens (primary N) is 1. The van der Waals surface area contributed by atoms with Crippen LogP contribution < -0.4 is 11.1 Å². The number of nitrogens with one attached hydrogen (secondary N) is 1. The second kappa shape index (κ2) is 8.36. The van der Waals surface area contributed by atoms with E-state index in [0.717, 1.165) is 24.1 Å². The quantitative estimate of drug-likeness (QED) is 0.445. The Labute approximate surface area is 155 Å². The summed E-state index contributed by atoms with van der Waals surface area (Å²) in [6.45, 7) is 0.387. The van der Waals surface area contributed by atoms with Crippen molar-refractivity contribution in [1.29, 1.82) is 0 Å². The predicted molar refractivity (Wildman–Crippen MR) is 107 cm³/mol. The van der Waals surface area contributed by atoms with Gasteiger partial charge >= 0.3 is 0 Å². The Kier molecular flexibility index (Phi) is 5.93. The van der Waals surface area contributed by atoms with Gasteiger partial charge in [-0.05, 0) is 54.5 Å². The molecule has 26 heavy (non-hydrogen) atoms. The molecule has 2 aromatic carbocycles. The molecule has 0 heterocycles. The maximum Gasteiger partial charge on any atom is 0.193 e. The zero-order valence-corrected chi connectivity index (χ0v) is 15.6. The van der Waals surface area contributed by atoms with Crippen LogP contribution in [0, 0.1) is 0 Å². The minimum Gasteiger partial charge on any atom is -0.370 e. The topological polar surface area (TPSA) is 84.5 Å². The van der Waals surface area contributed by atoms with E-state index in [-0.39, 0.29) is 11.5 Å². The molecule has 2 aromatic rings. The van der Waals surface area contributed by atoms with Crippen LogP contribution in [0.25, 0.3) is 0 Å². The van der Waals surface area contributed by atoms with E-state index in [1.54, 1.807) is 0 Å². The Bertz CT molecular complexity index is 877. The number of guanidine groups is 1. The van der Waals surface area contributed by atoms with E-state index >= 15 is 0 Å². The molecule has 0 radical (unpaired) electrons. The molecule has 1 aliphatic carbocycles. The van der Waals surface area contributed by atoms with Crippen molar-refractivity contribution < 1.29 is 8.42 Å². The van der Waals surface area contributed by atoms with E-state index in [4.69, 9.17) is 5.73 Å². The van der Waals surface area contributed by atoms with Crippen LogP contribution in [0.15, 0.2) is 53.5 Å². The van der Waals surface area contributed by atoms with Crippen LogP contribution in [0.5, 0.6) is 0 Å². The van der Waals surface area contributed by atoms with Gasteiger partial charge in [0.15, 0.2) is 15.8 Å². The lowest BCUT2D eigenvalue weighted by atomic mass is 10.1. The van der Waals surface area contributed by atoms with Crippen LogP contribution in [0.2, 0.25) is 0 Å². The molecule has 138 valence electrons. The second-order valence-electron chi connectivity index (χ2n) is 6.66. The fraction of sp³-hybridized carbons (Fsp3) is 0.350. The Morgan fingerprint density at radius 1 is 1.08 bits per heavy atom. The molecule has 5 nitrogen and oxygen atoms in total. The molecule has 0 unspecified atom stereocenters. The first-order valence-electron chi connectivity index (χ1n) is 8.95. The summed E-state index contributed by atoms with van der Waals surface area (Å²) in [6, 6.07) is 15.5. The molecule has 0 fully saturated rings.